The van der Waals surface area contributed by atoms with Crippen LogP contribution < -0.4 is 15.0 Å². The van der Waals surface area contributed by atoms with E-state index in [0.717, 1.165) is 12.8 Å². The molecule has 0 bridgehead atoms. The molecule has 3 rings (SSSR count). The molecule has 6 heteroatoms. The summed E-state index contributed by atoms with van der Waals surface area (Å²) >= 11 is 0. The number of fused-ring (bicyclic) bond motifs is 1. The van der Waals surface area contributed by atoms with Crippen LogP contribution in [0.15, 0.2) is 48.5 Å². The number of halogens is 1. The Morgan fingerprint density at radius 2 is 1.82 bits per heavy atom. The van der Waals surface area contributed by atoms with Crippen LogP contribution in [-0.4, -0.2) is 30.5 Å². The van der Waals surface area contributed by atoms with Crippen LogP contribution in [0.4, 0.5) is 10.1 Å². The van der Waals surface area contributed by atoms with E-state index in [2.05, 4.69) is 5.32 Å². The zero-order valence-corrected chi connectivity index (χ0v) is 16.2. The molecule has 148 valence electrons. The Morgan fingerprint density at radius 3 is 2.54 bits per heavy atom. The van der Waals surface area contributed by atoms with Gasteiger partial charge in [0.05, 0.1) is 18.7 Å². The number of nitrogens with one attached hydrogen (secondary N) is 1. The number of rotatable bonds is 6. The van der Waals surface area contributed by atoms with E-state index in [1.54, 1.807) is 42.5 Å². The summed E-state index contributed by atoms with van der Waals surface area (Å²) in [6.07, 6.45) is 0.755. The number of carbonyl (C=O) groups is 2. The number of para-hydroxylation sites is 2. The van der Waals surface area contributed by atoms with Crippen molar-refractivity contribution in [3.63, 3.8) is 0 Å². The average Bonchev–Trinajstić information content (AvgIpc) is 2.72. The number of anilines is 1. The highest BCUT2D eigenvalue weighted by Gasteiger charge is 2.34. The molecule has 2 aromatic carbocycles. The summed E-state index contributed by atoms with van der Waals surface area (Å²) in [5.74, 6) is -0.464. The van der Waals surface area contributed by atoms with Gasteiger partial charge in [-0.25, -0.2) is 4.39 Å². The highest BCUT2D eigenvalue weighted by atomic mass is 19.1. The molecule has 1 aliphatic rings. The fourth-order valence-corrected chi connectivity index (χ4v) is 3.29. The normalized spacial score (nSPS) is 15.7. The maximum absolute atomic E-state index is 14.0. The van der Waals surface area contributed by atoms with Crippen molar-refractivity contribution >= 4 is 17.5 Å². The number of carbonyl (C=O) groups excluding carboxylic acids is 2. The Morgan fingerprint density at radius 1 is 1.14 bits per heavy atom. The molecule has 0 aromatic heterocycles. The van der Waals surface area contributed by atoms with Gasteiger partial charge in [-0.3, -0.25) is 9.59 Å². The van der Waals surface area contributed by atoms with Crippen molar-refractivity contribution in [1.29, 1.82) is 0 Å². The van der Waals surface area contributed by atoms with Crippen molar-refractivity contribution in [2.24, 2.45) is 0 Å². The predicted octanol–water partition coefficient (Wildman–Crippen LogP) is 3.47. The second-order valence-electron chi connectivity index (χ2n) is 6.87. The molecule has 1 unspecified atom stereocenters. The van der Waals surface area contributed by atoms with Crippen molar-refractivity contribution in [2.75, 3.05) is 11.4 Å². The lowest BCUT2D eigenvalue weighted by molar-refractivity contribution is -0.129. The first-order valence-electron chi connectivity index (χ1n) is 9.63. The van der Waals surface area contributed by atoms with Crippen molar-refractivity contribution in [1.82, 2.24) is 5.32 Å². The Balaban J connectivity index is 1.82. The largest absolute Gasteiger partial charge is 0.477 e. The highest BCUT2D eigenvalue weighted by molar-refractivity contribution is 5.98. The Hall–Kier alpha value is -2.89. The van der Waals surface area contributed by atoms with E-state index in [4.69, 9.17) is 4.74 Å². The van der Waals surface area contributed by atoms with Gasteiger partial charge in [-0.05, 0) is 36.6 Å². The SMILES string of the molecule is CCC(CC)NC(=O)C1CN(C(=O)Cc2ccccc2F)c2ccccc2O1. The molecule has 5 nitrogen and oxygen atoms in total. The van der Waals surface area contributed by atoms with E-state index in [0.29, 0.717) is 17.0 Å². The van der Waals surface area contributed by atoms with Crippen LogP contribution in [0.1, 0.15) is 32.3 Å². The third-order valence-electron chi connectivity index (χ3n) is 5.00. The fraction of sp³-hybridized carbons (Fsp3) is 0.364. The minimum absolute atomic E-state index is 0.0656. The van der Waals surface area contributed by atoms with Crippen LogP contribution in [0.25, 0.3) is 0 Å². The van der Waals surface area contributed by atoms with Crippen LogP contribution in [0, 0.1) is 5.82 Å². The molecule has 0 spiro atoms. The van der Waals surface area contributed by atoms with E-state index in [9.17, 15) is 14.0 Å². The van der Waals surface area contributed by atoms with Crippen molar-refractivity contribution < 1.29 is 18.7 Å². The van der Waals surface area contributed by atoms with E-state index in [-0.39, 0.29) is 30.8 Å². The third-order valence-corrected chi connectivity index (χ3v) is 5.00. The van der Waals surface area contributed by atoms with Gasteiger partial charge in [0, 0.05) is 6.04 Å². The molecule has 1 aliphatic heterocycles. The summed E-state index contributed by atoms with van der Waals surface area (Å²) in [5.41, 5.74) is 0.921. The zero-order valence-electron chi connectivity index (χ0n) is 16.2. The molecule has 0 saturated carbocycles. The molecule has 0 fully saturated rings. The monoisotopic (exact) mass is 384 g/mol. The standard InChI is InChI=1S/C22H25FN2O3/c1-3-16(4-2)24-22(27)20-14-25(18-11-7-8-12-19(18)28-20)21(26)13-15-9-5-6-10-17(15)23/h5-12,16,20H,3-4,13-14H2,1-2H3,(H,24,27). The topological polar surface area (TPSA) is 58.6 Å². The van der Waals surface area contributed by atoms with E-state index in [1.807, 2.05) is 13.8 Å². The highest BCUT2D eigenvalue weighted by Crippen LogP contribution is 2.33. The van der Waals surface area contributed by atoms with Crippen molar-refractivity contribution in [2.45, 2.75) is 45.3 Å². The smallest absolute Gasteiger partial charge is 0.263 e. The first kappa shape index (κ1) is 19.9. The Kier molecular flexibility index (Phi) is 6.29. The summed E-state index contributed by atoms with van der Waals surface area (Å²) in [4.78, 5) is 27.2. The van der Waals surface area contributed by atoms with E-state index >= 15 is 0 Å². The maximum atomic E-state index is 14.0. The van der Waals surface area contributed by atoms with Crippen LogP contribution in [0.5, 0.6) is 5.75 Å². The van der Waals surface area contributed by atoms with E-state index in [1.165, 1.54) is 11.0 Å². The summed E-state index contributed by atoms with van der Waals surface area (Å²) in [6.45, 7) is 4.11. The van der Waals surface area contributed by atoms with Crippen molar-refractivity contribution in [3.05, 3.63) is 59.9 Å². The van der Waals surface area contributed by atoms with Crippen LogP contribution in [0.2, 0.25) is 0 Å². The van der Waals surface area contributed by atoms with Gasteiger partial charge in [-0.1, -0.05) is 44.2 Å². The summed E-state index contributed by atoms with van der Waals surface area (Å²) in [5, 5.41) is 2.97. The Bertz CT molecular complexity index is 851. The van der Waals surface area contributed by atoms with Gasteiger partial charge in [0.2, 0.25) is 5.91 Å². The number of nitrogens with zero attached hydrogens (tertiary/aromatic N) is 1. The quantitative estimate of drug-likeness (QED) is 0.830. The van der Waals surface area contributed by atoms with Crippen molar-refractivity contribution in [3.8, 4) is 5.75 Å². The van der Waals surface area contributed by atoms with Crippen LogP contribution in [0.3, 0.4) is 0 Å². The zero-order chi connectivity index (χ0) is 20.1. The van der Waals surface area contributed by atoms with Gasteiger partial charge in [0.25, 0.3) is 5.91 Å². The Labute approximate surface area is 164 Å². The van der Waals surface area contributed by atoms with Gasteiger partial charge in [-0.15, -0.1) is 0 Å². The lowest BCUT2D eigenvalue weighted by atomic mass is 10.1. The average molecular weight is 384 g/mol. The first-order valence-corrected chi connectivity index (χ1v) is 9.63. The molecule has 1 atom stereocenters. The predicted molar refractivity (Wildman–Crippen MR) is 106 cm³/mol. The molecule has 28 heavy (non-hydrogen) atoms. The van der Waals surface area contributed by atoms with E-state index < -0.39 is 11.9 Å². The number of ether oxygens (including phenoxy) is 1. The maximum Gasteiger partial charge on any atom is 0.263 e. The second-order valence-corrected chi connectivity index (χ2v) is 6.87. The molecule has 1 heterocycles. The second kappa shape index (κ2) is 8.87. The van der Waals surface area contributed by atoms with Gasteiger partial charge in [-0.2, -0.15) is 0 Å². The van der Waals surface area contributed by atoms with Gasteiger partial charge in [0.15, 0.2) is 6.10 Å². The third kappa shape index (κ3) is 4.32. The van der Waals surface area contributed by atoms with Gasteiger partial charge in [0.1, 0.15) is 11.6 Å². The molecule has 0 saturated heterocycles. The number of hydrogen-bond donors (Lipinski definition) is 1. The minimum Gasteiger partial charge on any atom is -0.477 e. The molecular weight excluding hydrogens is 359 g/mol. The van der Waals surface area contributed by atoms with Crippen LogP contribution in [-0.2, 0) is 16.0 Å². The minimum atomic E-state index is -0.805. The van der Waals surface area contributed by atoms with Crippen LogP contribution >= 0.6 is 0 Å². The summed E-state index contributed by atoms with van der Waals surface area (Å²) in [6, 6.07) is 13.4. The first-order chi connectivity index (χ1) is 13.5. The number of amides is 2. The van der Waals surface area contributed by atoms with Gasteiger partial charge < -0.3 is 15.0 Å². The summed E-state index contributed by atoms with van der Waals surface area (Å²) < 4.78 is 19.8. The molecular formula is C22H25FN2O3. The lowest BCUT2D eigenvalue weighted by Gasteiger charge is -2.34. The number of benzene rings is 2. The van der Waals surface area contributed by atoms with Gasteiger partial charge >= 0.3 is 0 Å². The molecule has 1 N–H and O–H groups in total. The fourth-order valence-electron chi connectivity index (χ4n) is 3.29. The molecule has 0 aliphatic carbocycles. The molecule has 0 radical (unpaired) electrons. The molecule has 2 aromatic rings. The molecule has 2 amide bonds. The lowest BCUT2D eigenvalue weighted by Crippen LogP contribution is -2.52. The number of hydrogen-bond acceptors (Lipinski definition) is 3. The summed E-state index contributed by atoms with van der Waals surface area (Å²) in [7, 11) is 0.